The van der Waals surface area contributed by atoms with Crippen molar-refractivity contribution >= 4 is 41.5 Å². The van der Waals surface area contributed by atoms with Gasteiger partial charge in [0.2, 0.25) is 5.91 Å². The third kappa shape index (κ3) is 4.18. The normalized spacial score (nSPS) is 21.7. The fourth-order valence-electron chi connectivity index (χ4n) is 2.78. The molecule has 0 radical (unpaired) electrons. The minimum atomic E-state index is -1.54. The molecule has 3 atom stereocenters. The number of thioether (sulfide) groups is 1. The van der Waals surface area contributed by atoms with Crippen molar-refractivity contribution in [2.75, 3.05) is 5.75 Å². The molecular formula is C14H15N5O8S. The highest BCUT2D eigenvalue weighted by Crippen LogP contribution is 2.40. The summed E-state index contributed by atoms with van der Waals surface area (Å²) in [6.07, 6.45) is -0.106. The molecule has 2 heterocycles. The number of nitrogens with one attached hydrogen (secondary N) is 1. The first-order valence-electron chi connectivity index (χ1n) is 7.89. The zero-order valence-electron chi connectivity index (χ0n) is 14.1. The van der Waals surface area contributed by atoms with E-state index in [4.69, 9.17) is 15.7 Å². The zero-order chi connectivity index (χ0) is 21.0. The van der Waals surface area contributed by atoms with Crippen molar-refractivity contribution in [3.8, 4) is 0 Å². The molecule has 1 fully saturated rings. The number of carboxylic acid groups (broad SMARTS) is 3. The number of aliphatic carboxylic acids is 3. The molecule has 0 aromatic carbocycles. The van der Waals surface area contributed by atoms with Crippen LogP contribution in [0.3, 0.4) is 0 Å². The molecule has 0 aromatic heterocycles. The highest BCUT2D eigenvalue weighted by atomic mass is 32.2. The fourth-order valence-corrected chi connectivity index (χ4v) is 4.11. The van der Waals surface area contributed by atoms with Crippen molar-refractivity contribution in [2.24, 2.45) is 5.11 Å². The van der Waals surface area contributed by atoms with Crippen molar-refractivity contribution in [2.45, 2.75) is 36.7 Å². The molecule has 0 saturated carbocycles. The Morgan fingerprint density at radius 3 is 2.50 bits per heavy atom. The number of fused-ring (bicyclic) bond motifs is 1. The summed E-state index contributed by atoms with van der Waals surface area (Å²) >= 11 is 1.02. The summed E-state index contributed by atoms with van der Waals surface area (Å²) in [5.41, 5.74) is 7.29. The standard InChI is InChI=1S/C14H15N5O8S/c15-18-17-6(13(24)25)2-1-3-7(20)16-8-10(21)19-9(14(26)27)5(12(22)23)4-28-11(8)19/h6,8,11H,1-4H2,(H,16,20)(H,22,23)(H,24,25)(H,26,27)/t6-,8?,11?/m1/s1. The van der Waals surface area contributed by atoms with Gasteiger partial charge in [-0.1, -0.05) is 5.11 Å². The van der Waals surface area contributed by atoms with Crippen molar-refractivity contribution in [1.82, 2.24) is 10.2 Å². The number of carboxylic acids is 3. The van der Waals surface area contributed by atoms with Gasteiger partial charge in [-0.2, -0.15) is 0 Å². The molecule has 13 nitrogen and oxygen atoms in total. The molecule has 0 bridgehead atoms. The van der Waals surface area contributed by atoms with E-state index >= 15 is 0 Å². The van der Waals surface area contributed by atoms with Crippen LogP contribution in [0.2, 0.25) is 0 Å². The van der Waals surface area contributed by atoms with Gasteiger partial charge in [0.25, 0.3) is 5.91 Å². The van der Waals surface area contributed by atoms with E-state index in [1.165, 1.54) is 0 Å². The third-order valence-electron chi connectivity index (χ3n) is 4.10. The second-order valence-electron chi connectivity index (χ2n) is 5.84. The van der Waals surface area contributed by atoms with Gasteiger partial charge >= 0.3 is 17.9 Å². The molecule has 1 saturated heterocycles. The lowest BCUT2D eigenvalue weighted by atomic mass is 10.0. The molecule has 0 spiro atoms. The molecule has 2 rings (SSSR count). The Morgan fingerprint density at radius 1 is 1.29 bits per heavy atom. The lowest BCUT2D eigenvalue weighted by Gasteiger charge is -2.49. The minimum absolute atomic E-state index is 0.0659. The maximum absolute atomic E-state index is 12.2. The van der Waals surface area contributed by atoms with Gasteiger partial charge in [0.05, 0.1) is 5.57 Å². The van der Waals surface area contributed by atoms with E-state index in [0.29, 0.717) is 0 Å². The predicted octanol–water partition coefficient (Wildman–Crippen LogP) is -0.257. The van der Waals surface area contributed by atoms with Crippen LogP contribution >= 0.6 is 11.8 Å². The smallest absolute Gasteiger partial charge is 0.353 e. The average molecular weight is 413 g/mol. The number of β-lactam (4-membered cyclic amide) rings is 1. The first kappa shape index (κ1) is 21.1. The summed E-state index contributed by atoms with van der Waals surface area (Å²) in [5, 5.41) is 32.0. The molecular weight excluding hydrogens is 398 g/mol. The first-order valence-corrected chi connectivity index (χ1v) is 8.94. The summed E-state index contributed by atoms with van der Waals surface area (Å²) in [6.45, 7) is 0. The Balaban J connectivity index is 1.95. The largest absolute Gasteiger partial charge is 0.481 e. The third-order valence-corrected chi connectivity index (χ3v) is 5.38. The van der Waals surface area contributed by atoms with Gasteiger partial charge in [0.15, 0.2) is 0 Å². The number of carbonyl (C=O) groups excluding carboxylic acids is 2. The number of carbonyl (C=O) groups is 5. The van der Waals surface area contributed by atoms with E-state index in [1.807, 2.05) is 0 Å². The summed E-state index contributed by atoms with van der Waals surface area (Å²) in [5.74, 6) is -5.73. The lowest BCUT2D eigenvalue weighted by Crippen LogP contribution is -2.70. The molecule has 2 aliphatic rings. The second kappa shape index (κ2) is 8.63. The molecule has 4 N–H and O–H groups in total. The number of amides is 2. The Labute approximate surface area is 161 Å². The van der Waals surface area contributed by atoms with Gasteiger partial charge in [-0.15, -0.1) is 11.8 Å². The predicted molar refractivity (Wildman–Crippen MR) is 91.7 cm³/mol. The van der Waals surface area contributed by atoms with Crippen LogP contribution in [0.4, 0.5) is 0 Å². The SMILES string of the molecule is [N-]=[N+]=N[C@H](CCCC(=O)NC1C(=O)N2C(C(=O)O)=C(C(=O)O)CSC12)C(=O)O. The lowest BCUT2D eigenvalue weighted by molar-refractivity contribution is -0.151. The van der Waals surface area contributed by atoms with E-state index in [9.17, 15) is 29.1 Å². The summed E-state index contributed by atoms with van der Waals surface area (Å²) < 4.78 is 0. The number of hydrogen-bond donors (Lipinski definition) is 4. The van der Waals surface area contributed by atoms with Crippen molar-refractivity contribution in [3.63, 3.8) is 0 Å². The van der Waals surface area contributed by atoms with E-state index in [1.54, 1.807) is 0 Å². The van der Waals surface area contributed by atoms with E-state index in [2.05, 4.69) is 15.3 Å². The molecule has 0 aromatic rings. The Hall–Kier alpha value is -3.25. The van der Waals surface area contributed by atoms with Crippen LogP contribution in [0.15, 0.2) is 16.4 Å². The van der Waals surface area contributed by atoms with Crippen LogP contribution < -0.4 is 5.32 Å². The van der Waals surface area contributed by atoms with Gasteiger partial charge < -0.3 is 20.6 Å². The highest BCUT2D eigenvalue weighted by Gasteiger charge is 2.54. The molecule has 2 amide bonds. The van der Waals surface area contributed by atoms with Crippen molar-refractivity contribution in [3.05, 3.63) is 21.7 Å². The Kier molecular flexibility index (Phi) is 6.49. The molecule has 2 unspecified atom stereocenters. The van der Waals surface area contributed by atoms with Crippen LogP contribution in [0.25, 0.3) is 10.4 Å². The number of hydrogen-bond acceptors (Lipinski definition) is 7. The maximum atomic E-state index is 12.2. The molecule has 14 heteroatoms. The Morgan fingerprint density at radius 2 is 1.96 bits per heavy atom. The quantitative estimate of drug-likeness (QED) is 0.169. The summed E-state index contributed by atoms with van der Waals surface area (Å²) in [7, 11) is 0. The van der Waals surface area contributed by atoms with Gasteiger partial charge in [-0.3, -0.25) is 19.3 Å². The summed E-state index contributed by atoms with van der Waals surface area (Å²) in [4.78, 5) is 60.9. The van der Waals surface area contributed by atoms with E-state index in [-0.39, 0.29) is 25.0 Å². The zero-order valence-corrected chi connectivity index (χ0v) is 15.0. The van der Waals surface area contributed by atoms with E-state index in [0.717, 1.165) is 16.7 Å². The first-order chi connectivity index (χ1) is 13.2. The minimum Gasteiger partial charge on any atom is -0.481 e. The van der Waals surface area contributed by atoms with Crippen LogP contribution in [0.5, 0.6) is 0 Å². The van der Waals surface area contributed by atoms with Gasteiger partial charge in [-0.25, -0.2) is 9.59 Å². The average Bonchev–Trinajstić information content (AvgIpc) is 2.63. The maximum Gasteiger partial charge on any atom is 0.353 e. The molecule has 0 aliphatic carbocycles. The number of azide groups is 1. The van der Waals surface area contributed by atoms with Crippen LogP contribution in [0.1, 0.15) is 19.3 Å². The van der Waals surface area contributed by atoms with Gasteiger partial charge in [0.1, 0.15) is 23.2 Å². The van der Waals surface area contributed by atoms with Crippen molar-refractivity contribution < 1.29 is 39.3 Å². The topological polar surface area (TPSA) is 210 Å². The fraction of sp³-hybridized carbons (Fsp3) is 0.500. The Bertz CT molecular complexity index is 819. The number of rotatable bonds is 9. The van der Waals surface area contributed by atoms with Crippen LogP contribution in [-0.4, -0.2) is 73.2 Å². The molecule has 150 valence electrons. The summed E-state index contributed by atoms with van der Waals surface area (Å²) in [6, 6.07) is -2.31. The van der Waals surface area contributed by atoms with Crippen molar-refractivity contribution in [1.29, 1.82) is 0 Å². The van der Waals surface area contributed by atoms with Gasteiger partial charge in [0, 0.05) is 17.1 Å². The van der Waals surface area contributed by atoms with E-state index < -0.39 is 58.4 Å². The van der Waals surface area contributed by atoms with Crippen LogP contribution in [-0.2, 0) is 24.0 Å². The monoisotopic (exact) mass is 413 g/mol. The van der Waals surface area contributed by atoms with Crippen LogP contribution in [0, 0.1) is 0 Å². The number of nitrogens with zero attached hydrogens (tertiary/aromatic N) is 4. The highest BCUT2D eigenvalue weighted by molar-refractivity contribution is 8.00. The second-order valence-corrected chi connectivity index (χ2v) is 6.95. The molecule has 2 aliphatic heterocycles. The molecule has 28 heavy (non-hydrogen) atoms. The van der Waals surface area contributed by atoms with Gasteiger partial charge in [-0.05, 0) is 18.4 Å².